The zero-order chi connectivity index (χ0) is 15.1. The van der Waals surface area contributed by atoms with Crippen LogP contribution in [-0.2, 0) is 11.2 Å². The van der Waals surface area contributed by atoms with Crippen LogP contribution in [0.2, 0.25) is 5.02 Å². The summed E-state index contributed by atoms with van der Waals surface area (Å²) in [6.45, 7) is 0. The van der Waals surface area contributed by atoms with E-state index in [1.54, 1.807) is 6.08 Å². The van der Waals surface area contributed by atoms with Crippen LogP contribution in [0.4, 0.5) is 0 Å². The fraction of sp³-hybridized carbons (Fsp3) is 0.500. The molecule has 1 aliphatic rings. The van der Waals surface area contributed by atoms with E-state index in [1.165, 1.54) is 43.7 Å². The molecule has 3 heteroatoms. The molecular formula is C18H23ClO2. The Hall–Kier alpha value is -1.28. The van der Waals surface area contributed by atoms with Crippen molar-refractivity contribution in [1.29, 1.82) is 0 Å². The number of carboxylic acids is 1. The second kappa shape index (κ2) is 8.23. The van der Waals surface area contributed by atoms with E-state index >= 15 is 0 Å². The standard InChI is InChI=1S/C18H23ClO2/c19-17-12-10-16(11-13-17)9-8-15-6-4-14(5-7-15)2-1-3-18(20)21/h1,3,10-15H,2,4-9H2,(H,20,21)/b3-1+/t14-,15-. The monoisotopic (exact) mass is 306 g/mol. The summed E-state index contributed by atoms with van der Waals surface area (Å²) in [6, 6.07) is 8.15. The summed E-state index contributed by atoms with van der Waals surface area (Å²) in [5.41, 5.74) is 1.37. The molecule has 2 rings (SSSR count). The van der Waals surface area contributed by atoms with E-state index in [2.05, 4.69) is 12.1 Å². The third-order valence-corrected chi connectivity index (χ3v) is 4.70. The largest absolute Gasteiger partial charge is 0.478 e. The summed E-state index contributed by atoms with van der Waals surface area (Å²) in [5, 5.41) is 9.38. The molecule has 1 fully saturated rings. The Morgan fingerprint density at radius 2 is 1.76 bits per heavy atom. The predicted octanol–water partition coefficient (Wildman–Crippen LogP) is 5.11. The number of rotatable bonds is 6. The van der Waals surface area contributed by atoms with Gasteiger partial charge in [0.25, 0.3) is 0 Å². The first-order chi connectivity index (χ1) is 10.1. The Labute approximate surface area is 131 Å². The van der Waals surface area contributed by atoms with Gasteiger partial charge in [0.05, 0.1) is 0 Å². The van der Waals surface area contributed by atoms with E-state index in [1.807, 2.05) is 12.1 Å². The lowest BCUT2D eigenvalue weighted by Gasteiger charge is -2.27. The maximum atomic E-state index is 10.4. The number of halogens is 1. The first-order valence-electron chi connectivity index (χ1n) is 7.77. The number of hydrogen-bond donors (Lipinski definition) is 1. The normalized spacial score (nSPS) is 22.5. The van der Waals surface area contributed by atoms with Gasteiger partial charge in [0.2, 0.25) is 0 Å². The molecule has 1 aromatic rings. The molecular weight excluding hydrogens is 284 g/mol. The zero-order valence-corrected chi connectivity index (χ0v) is 13.1. The molecule has 1 aliphatic carbocycles. The number of carboxylic acid groups (broad SMARTS) is 1. The Kier molecular flexibility index (Phi) is 6.31. The average molecular weight is 307 g/mol. The summed E-state index contributed by atoms with van der Waals surface area (Å²) in [7, 11) is 0. The molecule has 1 N–H and O–H groups in total. The Bertz CT molecular complexity index is 470. The van der Waals surface area contributed by atoms with Crippen LogP contribution in [0.15, 0.2) is 36.4 Å². The first-order valence-corrected chi connectivity index (χ1v) is 8.15. The first kappa shape index (κ1) is 16.1. The van der Waals surface area contributed by atoms with Gasteiger partial charge in [-0.1, -0.05) is 42.7 Å². The van der Waals surface area contributed by atoms with Crippen LogP contribution in [0.1, 0.15) is 44.1 Å². The van der Waals surface area contributed by atoms with E-state index in [-0.39, 0.29) is 0 Å². The molecule has 0 radical (unpaired) electrons. The summed E-state index contributed by atoms with van der Waals surface area (Å²) in [4.78, 5) is 10.4. The van der Waals surface area contributed by atoms with Gasteiger partial charge >= 0.3 is 5.97 Å². The van der Waals surface area contributed by atoms with Crippen molar-refractivity contribution in [2.75, 3.05) is 0 Å². The van der Waals surface area contributed by atoms with E-state index in [0.717, 1.165) is 23.8 Å². The van der Waals surface area contributed by atoms with Gasteiger partial charge in [0, 0.05) is 11.1 Å². The number of aryl methyl sites for hydroxylation is 1. The number of aliphatic carboxylic acids is 1. The SMILES string of the molecule is O=C(O)/C=C/C[C@H]1CC[C@H](CCc2ccc(Cl)cc2)CC1. The number of carbonyl (C=O) groups is 1. The van der Waals surface area contributed by atoms with Crippen molar-refractivity contribution in [3.63, 3.8) is 0 Å². The van der Waals surface area contributed by atoms with Crippen molar-refractivity contribution in [2.45, 2.75) is 44.9 Å². The average Bonchev–Trinajstić information content (AvgIpc) is 2.48. The second-order valence-electron chi connectivity index (χ2n) is 6.03. The second-order valence-corrected chi connectivity index (χ2v) is 6.46. The summed E-state index contributed by atoms with van der Waals surface area (Å²) in [5.74, 6) is 0.652. The lowest BCUT2D eigenvalue weighted by Crippen LogP contribution is -2.14. The minimum atomic E-state index is -0.841. The maximum absolute atomic E-state index is 10.4. The molecule has 0 unspecified atom stereocenters. The highest BCUT2D eigenvalue weighted by atomic mass is 35.5. The van der Waals surface area contributed by atoms with Crippen LogP contribution in [0, 0.1) is 11.8 Å². The Morgan fingerprint density at radius 3 is 2.38 bits per heavy atom. The summed E-state index contributed by atoms with van der Waals surface area (Å²) < 4.78 is 0. The van der Waals surface area contributed by atoms with Crippen molar-refractivity contribution >= 4 is 17.6 Å². The van der Waals surface area contributed by atoms with Gasteiger partial charge in [-0.15, -0.1) is 0 Å². The number of benzene rings is 1. The molecule has 0 amide bonds. The van der Waals surface area contributed by atoms with Crippen LogP contribution in [0.25, 0.3) is 0 Å². The van der Waals surface area contributed by atoms with Gasteiger partial charge in [0.15, 0.2) is 0 Å². The Morgan fingerprint density at radius 1 is 1.14 bits per heavy atom. The predicted molar refractivity (Wildman–Crippen MR) is 86.6 cm³/mol. The molecule has 0 aliphatic heterocycles. The lowest BCUT2D eigenvalue weighted by molar-refractivity contribution is -0.131. The number of allylic oxidation sites excluding steroid dienone is 1. The molecule has 0 aromatic heterocycles. The topological polar surface area (TPSA) is 37.3 Å². The fourth-order valence-corrected chi connectivity index (χ4v) is 3.27. The summed E-state index contributed by atoms with van der Waals surface area (Å²) >= 11 is 5.90. The fourth-order valence-electron chi connectivity index (χ4n) is 3.14. The quantitative estimate of drug-likeness (QED) is 0.741. The van der Waals surface area contributed by atoms with Gasteiger partial charge in [-0.25, -0.2) is 4.79 Å². The third kappa shape index (κ3) is 5.92. The van der Waals surface area contributed by atoms with Crippen LogP contribution in [0.3, 0.4) is 0 Å². The van der Waals surface area contributed by atoms with Crippen LogP contribution < -0.4 is 0 Å². The van der Waals surface area contributed by atoms with Crippen molar-refractivity contribution < 1.29 is 9.90 Å². The maximum Gasteiger partial charge on any atom is 0.327 e. The van der Waals surface area contributed by atoms with Crippen molar-refractivity contribution in [1.82, 2.24) is 0 Å². The van der Waals surface area contributed by atoms with Gasteiger partial charge in [-0.2, -0.15) is 0 Å². The molecule has 0 bridgehead atoms. The van der Waals surface area contributed by atoms with Crippen LogP contribution >= 0.6 is 11.6 Å². The Balaban J connectivity index is 1.67. The van der Waals surface area contributed by atoms with Gasteiger partial charge in [0.1, 0.15) is 0 Å². The van der Waals surface area contributed by atoms with E-state index in [0.29, 0.717) is 5.92 Å². The minimum absolute atomic E-state index is 0.674. The molecule has 0 saturated heterocycles. The minimum Gasteiger partial charge on any atom is -0.478 e. The van der Waals surface area contributed by atoms with E-state index in [4.69, 9.17) is 16.7 Å². The molecule has 21 heavy (non-hydrogen) atoms. The van der Waals surface area contributed by atoms with Crippen molar-refractivity contribution in [3.8, 4) is 0 Å². The van der Waals surface area contributed by atoms with E-state index in [9.17, 15) is 4.79 Å². The summed E-state index contributed by atoms with van der Waals surface area (Å²) in [6.07, 6.45) is 11.4. The molecule has 0 spiro atoms. The molecule has 0 atom stereocenters. The van der Waals surface area contributed by atoms with Gasteiger partial charge in [-0.3, -0.25) is 0 Å². The highest BCUT2D eigenvalue weighted by Gasteiger charge is 2.20. The van der Waals surface area contributed by atoms with Crippen molar-refractivity contribution in [3.05, 3.63) is 47.0 Å². The lowest BCUT2D eigenvalue weighted by atomic mass is 9.78. The molecule has 0 heterocycles. The smallest absolute Gasteiger partial charge is 0.327 e. The van der Waals surface area contributed by atoms with Gasteiger partial charge in [-0.05, 0) is 61.6 Å². The van der Waals surface area contributed by atoms with Crippen LogP contribution in [-0.4, -0.2) is 11.1 Å². The molecule has 2 nitrogen and oxygen atoms in total. The zero-order valence-electron chi connectivity index (χ0n) is 12.3. The van der Waals surface area contributed by atoms with Crippen molar-refractivity contribution in [2.24, 2.45) is 11.8 Å². The third-order valence-electron chi connectivity index (χ3n) is 4.45. The highest BCUT2D eigenvalue weighted by molar-refractivity contribution is 6.30. The molecule has 1 aromatic carbocycles. The molecule has 1 saturated carbocycles. The molecule has 114 valence electrons. The van der Waals surface area contributed by atoms with Crippen LogP contribution in [0.5, 0.6) is 0 Å². The highest BCUT2D eigenvalue weighted by Crippen LogP contribution is 2.33. The number of hydrogen-bond acceptors (Lipinski definition) is 1. The van der Waals surface area contributed by atoms with E-state index < -0.39 is 5.97 Å². The van der Waals surface area contributed by atoms with Gasteiger partial charge < -0.3 is 5.11 Å².